The molecule has 6 nitrogen and oxygen atoms in total. The van der Waals surface area contributed by atoms with Crippen molar-refractivity contribution in [3.63, 3.8) is 0 Å². The van der Waals surface area contributed by atoms with Crippen LogP contribution in [0.1, 0.15) is 11.6 Å². The molecule has 7 heteroatoms. The first-order valence-electron chi connectivity index (χ1n) is 7.85. The van der Waals surface area contributed by atoms with Crippen molar-refractivity contribution in [3.8, 4) is 0 Å². The molecular formula is C17H21N5OS. The van der Waals surface area contributed by atoms with Crippen molar-refractivity contribution in [2.45, 2.75) is 18.7 Å². The second kappa shape index (κ2) is 7.53. The van der Waals surface area contributed by atoms with E-state index < -0.39 is 0 Å². The van der Waals surface area contributed by atoms with Gasteiger partial charge in [0.1, 0.15) is 18.2 Å². The number of nitrogens with zero attached hydrogens (tertiary/aromatic N) is 4. The van der Waals surface area contributed by atoms with Crippen molar-refractivity contribution in [1.29, 1.82) is 0 Å². The monoisotopic (exact) mass is 343 g/mol. The zero-order chi connectivity index (χ0) is 16.9. The highest BCUT2D eigenvalue weighted by molar-refractivity contribution is 7.97. The number of para-hydroxylation sites is 2. The largest absolute Gasteiger partial charge is 0.354 e. The molecule has 0 aliphatic carbocycles. The van der Waals surface area contributed by atoms with Gasteiger partial charge in [-0.25, -0.2) is 9.97 Å². The minimum absolute atomic E-state index is 0.00489. The molecule has 0 saturated carbocycles. The number of carbonyl (C=O) groups excluding carboxylic acids is 1. The molecule has 1 amide bonds. The van der Waals surface area contributed by atoms with E-state index in [0.717, 1.165) is 34.9 Å². The van der Waals surface area contributed by atoms with E-state index >= 15 is 0 Å². The average molecular weight is 343 g/mol. The fraction of sp³-hybridized carbons (Fsp3) is 0.353. The topological polar surface area (TPSA) is 64.7 Å². The molecule has 0 spiro atoms. The van der Waals surface area contributed by atoms with Gasteiger partial charge in [-0.15, -0.1) is 0 Å². The molecule has 2 aromatic heterocycles. The van der Waals surface area contributed by atoms with E-state index in [1.807, 2.05) is 52.9 Å². The number of amides is 1. The maximum Gasteiger partial charge on any atom is 0.240 e. The van der Waals surface area contributed by atoms with Crippen LogP contribution in [0.4, 0.5) is 0 Å². The van der Waals surface area contributed by atoms with Crippen molar-refractivity contribution in [2.24, 2.45) is 7.05 Å². The highest BCUT2D eigenvalue weighted by atomic mass is 32.2. The number of imidazole rings is 2. The summed E-state index contributed by atoms with van der Waals surface area (Å²) in [6, 6.07) is 7.93. The van der Waals surface area contributed by atoms with E-state index in [1.54, 1.807) is 18.0 Å². The fourth-order valence-corrected chi connectivity index (χ4v) is 3.17. The lowest BCUT2D eigenvalue weighted by atomic mass is 10.3. The molecule has 0 fully saturated rings. The van der Waals surface area contributed by atoms with Gasteiger partial charge in [-0.2, -0.15) is 11.8 Å². The van der Waals surface area contributed by atoms with Gasteiger partial charge in [0.15, 0.2) is 0 Å². The first kappa shape index (κ1) is 16.6. The van der Waals surface area contributed by atoms with Gasteiger partial charge < -0.3 is 14.5 Å². The van der Waals surface area contributed by atoms with Crippen LogP contribution in [-0.2, 0) is 30.6 Å². The van der Waals surface area contributed by atoms with Crippen LogP contribution in [0.5, 0.6) is 0 Å². The molecule has 0 unspecified atom stereocenters. The number of rotatable bonds is 7. The first-order valence-corrected chi connectivity index (χ1v) is 9.24. The summed E-state index contributed by atoms with van der Waals surface area (Å²) in [5.74, 6) is 2.68. The molecule has 0 saturated heterocycles. The fourth-order valence-electron chi connectivity index (χ4n) is 2.69. The molecule has 2 heterocycles. The molecule has 0 aliphatic heterocycles. The van der Waals surface area contributed by atoms with Crippen LogP contribution in [0.3, 0.4) is 0 Å². The zero-order valence-electron chi connectivity index (χ0n) is 13.9. The standard InChI is InChI=1S/C17H21N5OS/c1-21-10-9-18-15(21)7-8-19-17(23)11-22-14-6-4-3-5-13(14)20-16(22)12-24-2/h3-6,9-10H,7-8,11-12H2,1-2H3,(H,19,23). The second-order valence-electron chi connectivity index (χ2n) is 5.59. The Hall–Kier alpha value is -2.28. The molecule has 0 atom stereocenters. The highest BCUT2D eigenvalue weighted by Gasteiger charge is 2.13. The predicted octanol–water partition coefficient (Wildman–Crippen LogP) is 1.99. The van der Waals surface area contributed by atoms with Gasteiger partial charge in [0.05, 0.1) is 16.8 Å². The molecule has 0 bridgehead atoms. The van der Waals surface area contributed by atoms with E-state index in [4.69, 9.17) is 0 Å². The Kier molecular flexibility index (Phi) is 5.20. The molecule has 0 aliphatic rings. The minimum atomic E-state index is -0.00489. The Bertz CT molecular complexity index is 838. The van der Waals surface area contributed by atoms with Crippen LogP contribution < -0.4 is 5.32 Å². The Morgan fingerprint density at radius 1 is 1.29 bits per heavy atom. The summed E-state index contributed by atoms with van der Waals surface area (Å²) < 4.78 is 3.97. The number of hydrogen-bond acceptors (Lipinski definition) is 4. The van der Waals surface area contributed by atoms with Crippen LogP contribution in [0.15, 0.2) is 36.7 Å². The van der Waals surface area contributed by atoms with Gasteiger partial charge >= 0.3 is 0 Å². The molecular weight excluding hydrogens is 322 g/mol. The lowest BCUT2D eigenvalue weighted by Gasteiger charge is -2.09. The molecule has 0 radical (unpaired) electrons. The molecule has 3 aromatic rings. The molecule has 1 N–H and O–H groups in total. The molecule has 126 valence electrons. The third-order valence-corrected chi connectivity index (χ3v) is 4.45. The van der Waals surface area contributed by atoms with Gasteiger partial charge in [0.25, 0.3) is 0 Å². The Morgan fingerprint density at radius 2 is 2.12 bits per heavy atom. The van der Waals surface area contributed by atoms with Gasteiger partial charge in [-0.05, 0) is 18.4 Å². The third-order valence-electron chi connectivity index (χ3n) is 3.90. The van der Waals surface area contributed by atoms with Crippen LogP contribution in [0, 0.1) is 0 Å². The number of hydrogen-bond donors (Lipinski definition) is 1. The van der Waals surface area contributed by atoms with Crippen LogP contribution in [0.25, 0.3) is 11.0 Å². The number of fused-ring (bicyclic) bond motifs is 1. The summed E-state index contributed by atoms with van der Waals surface area (Å²) in [6.45, 7) is 0.866. The first-order chi connectivity index (χ1) is 11.7. The summed E-state index contributed by atoms with van der Waals surface area (Å²) in [5, 5.41) is 2.97. The highest BCUT2D eigenvalue weighted by Crippen LogP contribution is 2.18. The van der Waals surface area contributed by atoms with E-state index in [0.29, 0.717) is 6.54 Å². The average Bonchev–Trinajstić information content (AvgIpc) is 3.13. The molecule has 24 heavy (non-hydrogen) atoms. The number of carbonyl (C=O) groups is 1. The van der Waals surface area contributed by atoms with Crippen LogP contribution in [0.2, 0.25) is 0 Å². The van der Waals surface area contributed by atoms with Crippen molar-refractivity contribution < 1.29 is 4.79 Å². The van der Waals surface area contributed by atoms with E-state index in [2.05, 4.69) is 15.3 Å². The Balaban J connectivity index is 1.66. The van der Waals surface area contributed by atoms with Gasteiger partial charge in [0, 0.05) is 32.4 Å². The lowest BCUT2D eigenvalue weighted by molar-refractivity contribution is -0.121. The normalized spacial score (nSPS) is 11.1. The molecule has 1 aromatic carbocycles. The number of nitrogens with one attached hydrogen (secondary N) is 1. The summed E-state index contributed by atoms with van der Waals surface area (Å²) in [5.41, 5.74) is 1.93. The van der Waals surface area contributed by atoms with Crippen LogP contribution >= 0.6 is 11.8 Å². The molecule has 3 rings (SSSR count). The smallest absolute Gasteiger partial charge is 0.240 e. The maximum absolute atomic E-state index is 12.3. The number of aromatic nitrogens is 4. The van der Waals surface area contributed by atoms with Crippen molar-refractivity contribution in [1.82, 2.24) is 24.4 Å². The van der Waals surface area contributed by atoms with Gasteiger partial charge in [-0.1, -0.05) is 12.1 Å². The summed E-state index contributed by atoms with van der Waals surface area (Å²) >= 11 is 1.70. The van der Waals surface area contributed by atoms with Crippen molar-refractivity contribution in [3.05, 3.63) is 48.3 Å². The number of aryl methyl sites for hydroxylation is 1. The summed E-state index contributed by atoms with van der Waals surface area (Å²) in [7, 11) is 1.95. The Labute approximate surface area is 145 Å². The SMILES string of the molecule is CSCc1nc2ccccc2n1CC(=O)NCCc1nccn1C. The van der Waals surface area contributed by atoms with E-state index in [1.165, 1.54) is 0 Å². The van der Waals surface area contributed by atoms with E-state index in [-0.39, 0.29) is 12.5 Å². The number of benzene rings is 1. The second-order valence-corrected chi connectivity index (χ2v) is 6.46. The predicted molar refractivity (Wildman–Crippen MR) is 96.9 cm³/mol. The number of thioether (sulfide) groups is 1. The van der Waals surface area contributed by atoms with Gasteiger partial charge in [0.2, 0.25) is 5.91 Å². The van der Waals surface area contributed by atoms with Gasteiger partial charge in [-0.3, -0.25) is 4.79 Å². The summed E-state index contributed by atoms with van der Waals surface area (Å²) in [4.78, 5) is 21.2. The van der Waals surface area contributed by atoms with Crippen molar-refractivity contribution in [2.75, 3.05) is 12.8 Å². The van der Waals surface area contributed by atoms with E-state index in [9.17, 15) is 4.79 Å². The quantitative estimate of drug-likeness (QED) is 0.712. The maximum atomic E-state index is 12.3. The van der Waals surface area contributed by atoms with Crippen LogP contribution in [-0.4, -0.2) is 37.8 Å². The third kappa shape index (κ3) is 3.62. The zero-order valence-corrected chi connectivity index (χ0v) is 14.7. The summed E-state index contributed by atoms with van der Waals surface area (Å²) in [6.07, 6.45) is 6.43. The minimum Gasteiger partial charge on any atom is -0.354 e. The lowest BCUT2D eigenvalue weighted by Crippen LogP contribution is -2.30. The van der Waals surface area contributed by atoms with Crippen molar-refractivity contribution >= 4 is 28.7 Å². The Morgan fingerprint density at radius 3 is 2.88 bits per heavy atom.